The topological polar surface area (TPSA) is 64.2 Å². The number of hydrogen-bond acceptors (Lipinski definition) is 4. The van der Waals surface area contributed by atoms with Crippen LogP contribution in [0.2, 0.25) is 0 Å². The molecule has 1 N–H and O–H groups in total. The molecule has 134 valence electrons. The number of methoxy groups -OCH3 is 2. The minimum atomic E-state index is -0.341. The Morgan fingerprint density at radius 3 is 2.73 bits per heavy atom. The number of carbonyl (C=O) groups excluding carboxylic acids is 1. The van der Waals surface area contributed by atoms with Crippen molar-refractivity contribution in [2.75, 3.05) is 14.2 Å². The molecule has 2 heterocycles. The number of nitrogens with zero attached hydrogens (tertiary/aromatic N) is 1. The van der Waals surface area contributed by atoms with E-state index in [2.05, 4.69) is 23.0 Å². The maximum atomic E-state index is 11.8. The monoisotopic (exact) mass is 350 g/mol. The molecule has 1 aliphatic rings. The second-order valence-corrected chi connectivity index (χ2v) is 7.15. The number of carbonyl (C=O) groups is 1. The van der Waals surface area contributed by atoms with Crippen molar-refractivity contribution < 1.29 is 14.3 Å². The molecular weight excluding hydrogens is 328 g/mol. The maximum absolute atomic E-state index is 11.8. The van der Waals surface area contributed by atoms with Gasteiger partial charge in [-0.25, -0.2) is 4.79 Å². The summed E-state index contributed by atoms with van der Waals surface area (Å²) in [6, 6.07) is 9.61. The number of hydrogen-bond donors (Lipinski definition) is 1. The molecule has 1 fully saturated rings. The van der Waals surface area contributed by atoms with Crippen LogP contribution < -0.4 is 4.74 Å². The maximum Gasteiger partial charge on any atom is 0.337 e. The van der Waals surface area contributed by atoms with E-state index in [0.29, 0.717) is 12.0 Å². The molecule has 3 aromatic rings. The third-order valence-electron chi connectivity index (χ3n) is 5.31. The Balaban J connectivity index is 1.79. The van der Waals surface area contributed by atoms with Crippen molar-refractivity contribution in [1.29, 1.82) is 0 Å². The van der Waals surface area contributed by atoms with Crippen LogP contribution in [-0.4, -0.2) is 30.2 Å². The lowest BCUT2D eigenvalue weighted by molar-refractivity contribution is 0.0600. The van der Waals surface area contributed by atoms with Crippen molar-refractivity contribution >= 4 is 16.9 Å². The lowest BCUT2D eigenvalue weighted by Gasteiger charge is -2.11. The Bertz CT molecular complexity index is 986. The first-order valence-electron chi connectivity index (χ1n) is 8.76. The molecule has 1 aliphatic carbocycles. The Kier molecular flexibility index (Phi) is 3.94. The Hall–Kier alpha value is -2.82. The zero-order valence-corrected chi connectivity index (χ0v) is 15.3. The molecule has 0 unspecified atom stereocenters. The van der Waals surface area contributed by atoms with E-state index >= 15 is 0 Å². The molecule has 0 amide bonds. The molecular formula is C21H22N2O3. The molecule has 0 spiro atoms. The van der Waals surface area contributed by atoms with Crippen molar-refractivity contribution in [2.45, 2.75) is 31.6 Å². The van der Waals surface area contributed by atoms with Crippen LogP contribution in [0.4, 0.5) is 0 Å². The molecule has 5 heteroatoms. The molecule has 0 bridgehead atoms. The summed E-state index contributed by atoms with van der Waals surface area (Å²) < 4.78 is 10.2. The lowest BCUT2D eigenvalue weighted by atomic mass is 9.96. The van der Waals surface area contributed by atoms with E-state index in [1.807, 2.05) is 18.2 Å². The van der Waals surface area contributed by atoms with Gasteiger partial charge in [0.25, 0.3) is 0 Å². The van der Waals surface area contributed by atoms with Crippen LogP contribution in [0.15, 0.2) is 36.5 Å². The number of H-pyrrole nitrogens is 1. The fourth-order valence-corrected chi connectivity index (χ4v) is 3.50. The average Bonchev–Trinajstić information content (AvgIpc) is 3.32. The van der Waals surface area contributed by atoms with Crippen LogP contribution in [-0.2, 0) is 16.6 Å². The SMILES string of the molecule is COC(=O)c1ccnc(Cc2c(C3(C)CC3)[nH]c3cc(OC)ccc23)c1. The third kappa shape index (κ3) is 2.83. The molecule has 0 saturated heterocycles. The van der Waals surface area contributed by atoms with Gasteiger partial charge in [0, 0.05) is 46.4 Å². The molecule has 0 radical (unpaired) electrons. The highest BCUT2D eigenvalue weighted by molar-refractivity contribution is 5.89. The van der Waals surface area contributed by atoms with Crippen molar-refractivity contribution in [3.05, 3.63) is 59.0 Å². The summed E-state index contributed by atoms with van der Waals surface area (Å²) in [5.74, 6) is 0.496. The van der Waals surface area contributed by atoms with Crippen molar-refractivity contribution in [3.8, 4) is 5.75 Å². The molecule has 5 nitrogen and oxygen atoms in total. The Morgan fingerprint density at radius 2 is 2.04 bits per heavy atom. The van der Waals surface area contributed by atoms with Crippen molar-refractivity contribution in [3.63, 3.8) is 0 Å². The van der Waals surface area contributed by atoms with Gasteiger partial charge in [-0.3, -0.25) is 4.98 Å². The number of pyridine rings is 1. The van der Waals surface area contributed by atoms with Crippen LogP contribution in [0.5, 0.6) is 5.75 Å². The quantitative estimate of drug-likeness (QED) is 0.707. The fourth-order valence-electron chi connectivity index (χ4n) is 3.50. The zero-order chi connectivity index (χ0) is 18.3. The first-order chi connectivity index (χ1) is 12.5. The van der Waals surface area contributed by atoms with Gasteiger partial charge in [0.2, 0.25) is 0 Å². The number of nitrogens with one attached hydrogen (secondary N) is 1. The summed E-state index contributed by atoms with van der Waals surface area (Å²) in [6.07, 6.45) is 4.69. The highest BCUT2D eigenvalue weighted by Gasteiger charge is 2.42. The van der Waals surface area contributed by atoms with E-state index in [1.165, 1.54) is 36.6 Å². The number of rotatable bonds is 5. The van der Waals surface area contributed by atoms with E-state index in [-0.39, 0.29) is 11.4 Å². The smallest absolute Gasteiger partial charge is 0.337 e. The average molecular weight is 350 g/mol. The van der Waals surface area contributed by atoms with Crippen LogP contribution in [0.25, 0.3) is 10.9 Å². The first kappa shape index (κ1) is 16.6. The highest BCUT2D eigenvalue weighted by Crippen LogP contribution is 2.50. The lowest BCUT2D eigenvalue weighted by Crippen LogP contribution is -2.07. The van der Waals surface area contributed by atoms with Gasteiger partial charge in [-0.15, -0.1) is 0 Å². The summed E-state index contributed by atoms with van der Waals surface area (Å²) >= 11 is 0. The highest BCUT2D eigenvalue weighted by atomic mass is 16.5. The number of aromatic amines is 1. The predicted octanol–water partition coefficient (Wildman–Crippen LogP) is 4.00. The van der Waals surface area contributed by atoms with Gasteiger partial charge in [0.1, 0.15) is 5.75 Å². The van der Waals surface area contributed by atoms with Crippen LogP contribution in [0.3, 0.4) is 0 Å². The molecule has 1 saturated carbocycles. The van der Waals surface area contributed by atoms with Gasteiger partial charge in [-0.1, -0.05) is 6.92 Å². The standard InChI is InChI=1S/C21H22N2O3/c1-21(7-8-21)19-17(16-5-4-15(25-2)12-18(16)23-19)11-14-10-13(6-9-22-14)20(24)26-3/h4-6,9-10,12,23H,7-8,11H2,1-3H3. The molecule has 0 atom stereocenters. The Morgan fingerprint density at radius 1 is 1.23 bits per heavy atom. The van der Waals surface area contributed by atoms with Crippen LogP contribution in [0.1, 0.15) is 47.1 Å². The van der Waals surface area contributed by atoms with Gasteiger partial charge in [0.15, 0.2) is 0 Å². The normalized spacial score (nSPS) is 15.0. The zero-order valence-electron chi connectivity index (χ0n) is 15.3. The van der Waals surface area contributed by atoms with E-state index in [0.717, 1.165) is 17.0 Å². The van der Waals surface area contributed by atoms with Gasteiger partial charge in [-0.2, -0.15) is 0 Å². The van der Waals surface area contributed by atoms with Gasteiger partial charge >= 0.3 is 5.97 Å². The fraction of sp³-hybridized carbons (Fsp3) is 0.333. The summed E-state index contributed by atoms with van der Waals surface area (Å²) in [4.78, 5) is 19.9. The summed E-state index contributed by atoms with van der Waals surface area (Å²) in [7, 11) is 3.07. The predicted molar refractivity (Wildman–Crippen MR) is 99.8 cm³/mol. The van der Waals surface area contributed by atoms with Gasteiger partial charge < -0.3 is 14.5 Å². The van der Waals surface area contributed by atoms with Crippen LogP contribution in [0, 0.1) is 0 Å². The minimum Gasteiger partial charge on any atom is -0.497 e. The molecule has 1 aromatic carbocycles. The van der Waals surface area contributed by atoms with Crippen molar-refractivity contribution in [1.82, 2.24) is 9.97 Å². The van der Waals surface area contributed by atoms with Gasteiger partial charge in [-0.05, 0) is 42.7 Å². The summed E-state index contributed by atoms with van der Waals surface area (Å²) in [6.45, 7) is 2.29. The molecule has 0 aliphatic heterocycles. The van der Waals surface area contributed by atoms with Crippen molar-refractivity contribution in [2.24, 2.45) is 0 Å². The summed E-state index contributed by atoms with van der Waals surface area (Å²) in [5.41, 5.74) is 5.17. The molecule has 2 aromatic heterocycles. The molecule has 26 heavy (non-hydrogen) atoms. The van der Waals surface area contributed by atoms with E-state index in [4.69, 9.17) is 9.47 Å². The number of fused-ring (bicyclic) bond motifs is 1. The number of aromatic nitrogens is 2. The molecule has 4 rings (SSSR count). The second kappa shape index (κ2) is 6.16. The number of benzene rings is 1. The number of esters is 1. The van der Waals surface area contributed by atoms with Gasteiger partial charge in [0.05, 0.1) is 19.8 Å². The minimum absolute atomic E-state index is 0.196. The van der Waals surface area contributed by atoms with Crippen LogP contribution >= 0.6 is 0 Å². The number of ether oxygens (including phenoxy) is 2. The Labute approximate surface area is 152 Å². The van der Waals surface area contributed by atoms with E-state index in [9.17, 15) is 4.79 Å². The second-order valence-electron chi connectivity index (χ2n) is 7.15. The third-order valence-corrected chi connectivity index (χ3v) is 5.31. The first-order valence-corrected chi connectivity index (χ1v) is 8.76. The summed E-state index contributed by atoms with van der Waals surface area (Å²) in [5, 5.41) is 1.18. The van der Waals surface area contributed by atoms with E-state index < -0.39 is 0 Å². The van der Waals surface area contributed by atoms with E-state index in [1.54, 1.807) is 19.4 Å². The largest absolute Gasteiger partial charge is 0.497 e.